The molecule has 0 atom stereocenters. The van der Waals surface area contributed by atoms with Crippen molar-refractivity contribution in [2.45, 2.75) is 38.4 Å². The summed E-state index contributed by atoms with van der Waals surface area (Å²) in [6, 6.07) is 9.80. The minimum atomic E-state index is -5.08. The minimum absolute atomic E-state index is 0.0284. The first kappa shape index (κ1) is 27.1. The Morgan fingerprint density at radius 2 is 1.73 bits per heavy atom. The summed E-state index contributed by atoms with van der Waals surface area (Å²) in [6.45, 7) is 3.04. The third kappa shape index (κ3) is 5.61. The summed E-state index contributed by atoms with van der Waals surface area (Å²) in [5.41, 5.74) is 7.48. The van der Waals surface area contributed by atoms with Gasteiger partial charge in [0.25, 0.3) is 11.8 Å². The van der Waals surface area contributed by atoms with Crippen LogP contribution in [0.25, 0.3) is 23.4 Å². The molecule has 0 bridgehead atoms. The number of aliphatic carboxylic acids is 1. The number of aryl methyl sites for hydroxylation is 1. The number of rotatable bonds is 3. The standard InChI is InChI=1S/C26H25N5O2.C2HF3O2/c32-25-24-21-10-8-19-16-28-20(15-22(19)23(21)29-31(24)14-11-27-25)9-5-17-3-6-18(7-4-17)26(33)30-12-1-2-13-30;3-2(4,5)1(6)7/h3-7,9,15-16H,1-2,8,10-14H2,(H,27,32);(H,6,7). The highest BCUT2D eigenvalue weighted by molar-refractivity contribution is 5.97. The smallest absolute Gasteiger partial charge is 0.475 e. The topological polar surface area (TPSA) is 117 Å². The number of carbonyl (C=O) groups is 3. The molecule has 2 amide bonds. The summed E-state index contributed by atoms with van der Waals surface area (Å²) in [5, 5.41) is 14.8. The third-order valence-corrected chi connectivity index (χ3v) is 7.02. The van der Waals surface area contributed by atoms with Gasteiger partial charge in [0.2, 0.25) is 0 Å². The van der Waals surface area contributed by atoms with E-state index < -0.39 is 12.1 Å². The molecule has 3 aromatic rings. The minimum Gasteiger partial charge on any atom is -0.475 e. The molecule has 0 unspecified atom stereocenters. The van der Waals surface area contributed by atoms with Gasteiger partial charge in [-0.1, -0.05) is 18.2 Å². The highest BCUT2D eigenvalue weighted by atomic mass is 19.4. The third-order valence-electron chi connectivity index (χ3n) is 7.02. The van der Waals surface area contributed by atoms with Crippen molar-refractivity contribution in [1.82, 2.24) is 25.0 Å². The maximum absolute atomic E-state index is 12.5. The zero-order valence-electron chi connectivity index (χ0n) is 21.4. The van der Waals surface area contributed by atoms with E-state index in [0.717, 1.165) is 72.4 Å². The fourth-order valence-corrected chi connectivity index (χ4v) is 5.02. The van der Waals surface area contributed by atoms with E-state index in [9.17, 15) is 22.8 Å². The molecule has 4 heterocycles. The van der Waals surface area contributed by atoms with Gasteiger partial charge in [-0.25, -0.2) is 4.79 Å². The number of halogens is 3. The Kier molecular flexibility index (Phi) is 7.42. The fourth-order valence-electron chi connectivity index (χ4n) is 5.02. The normalized spacial score (nSPS) is 16.0. The Morgan fingerprint density at radius 1 is 1.02 bits per heavy atom. The first-order valence-corrected chi connectivity index (χ1v) is 12.9. The van der Waals surface area contributed by atoms with Crippen molar-refractivity contribution in [2.24, 2.45) is 0 Å². The number of likely N-dealkylation sites (tertiary alicyclic amines) is 1. The number of amides is 2. The Balaban J connectivity index is 0.000000411. The molecule has 0 spiro atoms. The Morgan fingerprint density at radius 3 is 2.40 bits per heavy atom. The van der Waals surface area contributed by atoms with Crippen LogP contribution >= 0.6 is 0 Å². The molecular formula is C28H26F3N5O4. The zero-order chi connectivity index (χ0) is 28.4. The molecule has 12 heteroatoms. The zero-order valence-corrected chi connectivity index (χ0v) is 21.4. The number of hydrogen-bond acceptors (Lipinski definition) is 5. The molecule has 1 fully saturated rings. The van der Waals surface area contributed by atoms with Crippen LogP contribution in [0.2, 0.25) is 0 Å². The molecule has 0 radical (unpaired) electrons. The monoisotopic (exact) mass is 553 g/mol. The van der Waals surface area contributed by atoms with E-state index in [-0.39, 0.29) is 11.8 Å². The Bertz CT molecular complexity index is 1490. The van der Waals surface area contributed by atoms with Crippen molar-refractivity contribution in [2.75, 3.05) is 19.6 Å². The average molecular weight is 554 g/mol. The number of alkyl halides is 3. The number of pyridine rings is 1. The van der Waals surface area contributed by atoms with Crippen LogP contribution in [0, 0.1) is 0 Å². The molecule has 1 aliphatic carbocycles. The van der Waals surface area contributed by atoms with Gasteiger partial charge in [-0.15, -0.1) is 0 Å². The van der Waals surface area contributed by atoms with Gasteiger partial charge in [-0.3, -0.25) is 19.3 Å². The second-order valence-electron chi connectivity index (χ2n) is 9.68. The summed E-state index contributed by atoms with van der Waals surface area (Å²) < 4.78 is 33.6. The molecule has 1 saturated heterocycles. The van der Waals surface area contributed by atoms with Crippen molar-refractivity contribution in [3.63, 3.8) is 0 Å². The van der Waals surface area contributed by atoms with Gasteiger partial charge in [0, 0.05) is 42.5 Å². The predicted octanol–water partition coefficient (Wildman–Crippen LogP) is 3.83. The highest BCUT2D eigenvalue weighted by Gasteiger charge is 2.38. The maximum Gasteiger partial charge on any atom is 0.490 e. The van der Waals surface area contributed by atoms with Crippen LogP contribution in [0.4, 0.5) is 13.2 Å². The lowest BCUT2D eigenvalue weighted by atomic mass is 9.89. The van der Waals surface area contributed by atoms with E-state index >= 15 is 0 Å². The van der Waals surface area contributed by atoms with Crippen LogP contribution in [0.5, 0.6) is 0 Å². The van der Waals surface area contributed by atoms with E-state index in [2.05, 4.69) is 16.4 Å². The van der Waals surface area contributed by atoms with Crippen LogP contribution in [-0.4, -0.2) is 68.4 Å². The first-order valence-electron chi connectivity index (χ1n) is 12.9. The molecule has 2 N–H and O–H groups in total. The molecule has 1 aromatic carbocycles. The lowest BCUT2D eigenvalue weighted by Crippen LogP contribution is -2.36. The van der Waals surface area contributed by atoms with Gasteiger partial charge in [-0.2, -0.15) is 18.3 Å². The summed E-state index contributed by atoms with van der Waals surface area (Å²) in [7, 11) is 0. The highest BCUT2D eigenvalue weighted by Crippen LogP contribution is 2.35. The summed E-state index contributed by atoms with van der Waals surface area (Å²) in [6.07, 6.45) is 4.69. The number of carboxylic acid groups (broad SMARTS) is 1. The number of fused-ring (bicyclic) bond motifs is 5. The van der Waals surface area contributed by atoms with Crippen molar-refractivity contribution in [3.05, 3.63) is 70.2 Å². The number of hydrogen-bond donors (Lipinski definition) is 2. The van der Waals surface area contributed by atoms with Crippen molar-refractivity contribution in [3.8, 4) is 11.3 Å². The lowest BCUT2D eigenvalue weighted by Gasteiger charge is -2.17. The molecule has 40 heavy (non-hydrogen) atoms. The Labute approximate surface area is 227 Å². The van der Waals surface area contributed by atoms with E-state index in [1.165, 1.54) is 5.56 Å². The fraction of sp³-hybridized carbons (Fsp3) is 0.321. The molecule has 2 aromatic heterocycles. The van der Waals surface area contributed by atoms with E-state index in [0.29, 0.717) is 18.8 Å². The SMILES string of the molecule is O=C(O)C(F)(F)F.O=C1NCCn2nc3c(c21)CCc1cnc(C=Cc2ccc(C(=O)N4CCCC4)cc2)cc1-3. The van der Waals surface area contributed by atoms with Crippen molar-refractivity contribution >= 4 is 29.9 Å². The number of carboxylic acids is 1. The number of nitrogens with one attached hydrogen (secondary N) is 1. The molecule has 6 rings (SSSR count). The number of benzene rings is 1. The van der Waals surface area contributed by atoms with Gasteiger partial charge < -0.3 is 15.3 Å². The maximum atomic E-state index is 12.5. The largest absolute Gasteiger partial charge is 0.490 e. The van der Waals surface area contributed by atoms with Gasteiger partial charge >= 0.3 is 12.1 Å². The molecular weight excluding hydrogens is 527 g/mol. The Hall–Kier alpha value is -4.48. The lowest BCUT2D eigenvalue weighted by molar-refractivity contribution is -0.192. The summed E-state index contributed by atoms with van der Waals surface area (Å²) in [4.78, 5) is 40.3. The molecule has 9 nitrogen and oxygen atoms in total. The van der Waals surface area contributed by atoms with Crippen LogP contribution in [0.1, 0.15) is 56.1 Å². The molecule has 0 saturated carbocycles. The first-order chi connectivity index (χ1) is 19.1. The van der Waals surface area contributed by atoms with Crippen LogP contribution in [0.3, 0.4) is 0 Å². The van der Waals surface area contributed by atoms with Crippen molar-refractivity contribution in [1.29, 1.82) is 0 Å². The van der Waals surface area contributed by atoms with E-state index in [4.69, 9.17) is 15.0 Å². The van der Waals surface area contributed by atoms with Crippen LogP contribution < -0.4 is 5.32 Å². The van der Waals surface area contributed by atoms with Gasteiger partial charge in [0.05, 0.1) is 17.9 Å². The molecule has 2 aliphatic heterocycles. The van der Waals surface area contributed by atoms with Crippen LogP contribution in [0.15, 0.2) is 36.5 Å². The van der Waals surface area contributed by atoms with Gasteiger partial charge in [-0.05, 0) is 61.1 Å². The second kappa shape index (κ2) is 10.9. The van der Waals surface area contributed by atoms with E-state index in [1.54, 1.807) is 0 Å². The number of nitrogens with zero attached hydrogens (tertiary/aromatic N) is 4. The van der Waals surface area contributed by atoms with Gasteiger partial charge in [0.1, 0.15) is 5.69 Å². The number of aromatic nitrogens is 3. The predicted molar refractivity (Wildman–Crippen MR) is 139 cm³/mol. The molecule has 3 aliphatic rings. The van der Waals surface area contributed by atoms with Gasteiger partial charge in [0.15, 0.2) is 0 Å². The summed E-state index contributed by atoms with van der Waals surface area (Å²) in [5.74, 6) is -2.67. The summed E-state index contributed by atoms with van der Waals surface area (Å²) >= 11 is 0. The second-order valence-corrected chi connectivity index (χ2v) is 9.68. The average Bonchev–Trinajstić information content (AvgIpc) is 3.61. The number of carbonyl (C=O) groups excluding carboxylic acids is 2. The van der Waals surface area contributed by atoms with Crippen LogP contribution in [-0.2, 0) is 24.2 Å². The molecule has 208 valence electrons. The quantitative estimate of drug-likeness (QED) is 0.509. The van der Waals surface area contributed by atoms with E-state index in [1.807, 2.05) is 52.2 Å². The van der Waals surface area contributed by atoms with Crippen molar-refractivity contribution < 1.29 is 32.7 Å².